The van der Waals surface area contributed by atoms with Crippen LogP contribution in [0.5, 0.6) is 0 Å². The predicted octanol–water partition coefficient (Wildman–Crippen LogP) is 2.32. The Bertz CT molecular complexity index is 576. The number of anilines is 1. The molecule has 0 amide bonds. The van der Waals surface area contributed by atoms with Crippen LogP contribution in [0, 0.1) is 13.8 Å². The van der Waals surface area contributed by atoms with E-state index in [2.05, 4.69) is 48.5 Å². The lowest BCUT2D eigenvalue weighted by molar-refractivity contribution is 0.634. The molecule has 1 atom stereocenters. The molecule has 20 heavy (non-hydrogen) atoms. The highest BCUT2D eigenvalue weighted by molar-refractivity contribution is 5.41. The number of benzene rings is 1. The van der Waals surface area contributed by atoms with Crippen molar-refractivity contribution < 1.29 is 0 Å². The molecule has 2 rings (SSSR count). The molecule has 4 heteroatoms. The molecule has 1 heterocycles. The monoisotopic (exact) mass is 270 g/mol. The van der Waals surface area contributed by atoms with Crippen molar-refractivity contribution in [1.82, 2.24) is 10.4 Å². The Labute approximate surface area is 120 Å². The van der Waals surface area contributed by atoms with Crippen LogP contribution in [0.1, 0.15) is 28.3 Å². The van der Waals surface area contributed by atoms with Crippen LogP contribution in [0.3, 0.4) is 0 Å². The maximum absolute atomic E-state index is 5.73. The summed E-state index contributed by atoms with van der Waals surface area (Å²) in [5.41, 5.74) is 7.63. The topological polar surface area (TPSA) is 54.2 Å². The van der Waals surface area contributed by atoms with Crippen molar-refractivity contribution in [3.63, 3.8) is 0 Å². The van der Waals surface area contributed by atoms with Gasteiger partial charge in [-0.1, -0.05) is 24.3 Å². The normalized spacial score (nSPS) is 12.2. The van der Waals surface area contributed by atoms with E-state index in [9.17, 15) is 0 Å². The Morgan fingerprint density at radius 2 is 1.75 bits per heavy atom. The SMILES string of the molecule is Cc1ccc(C(NN)c2ccc(N(C)C)nc2)cc1C. The van der Waals surface area contributed by atoms with E-state index in [4.69, 9.17) is 5.84 Å². The molecule has 0 aliphatic rings. The summed E-state index contributed by atoms with van der Waals surface area (Å²) < 4.78 is 0. The third kappa shape index (κ3) is 2.98. The van der Waals surface area contributed by atoms with Gasteiger partial charge >= 0.3 is 0 Å². The number of nitrogens with one attached hydrogen (secondary N) is 1. The molecular weight excluding hydrogens is 248 g/mol. The van der Waals surface area contributed by atoms with Gasteiger partial charge in [-0.05, 0) is 42.2 Å². The van der Waals surface area contributed by atoms with Gasteiger partial charge in [0.05, 0.1) is 6.04 Å². The molecule has 3 N–H and O–H groups in total. The summed E-state index contributed by atoms with van der Waals surface area (Å²) in [5, 5.41) is 0. The fourth-order valence-electron chi connectivity index (χ4n) is 2.16. The third-order valence-electron chi connectivity index (χ3n) is 3.59. The third-order valence-corrected chi connectivity index (χ3v) is 3.59. The molecule has 0 spiro atoms. The molecule has 1 aromatic carbocycles. The van der Waals surface area contributed by atoms with Gasteiger partial charge in [0.15, 0.2) is 0 Å². The second-order valence-electron chi connectivity index (χ2n) is 5.29. The van der Waals surface area contributed by atoms with Crippen molar-refractivity contribution in [2.75, 3.05) is 19.0 Å². The van der Waals surface area contributed by atoms with Crippen molar-refractivity contribution in [1.29, 1.82) is 0 Å². The van der Waals surface area contributed by atoms with Gasteiger partial charge in [0.2, 0.25) is 0 Å². The molecule has 0 radical (unpaired) electrons. The van der Waals surface area contributed by atoms with Crippen LogP contribution >= 0.6 is 0 Å². The first-order valence-electron chi connectivity index (χ1n) is 6.69. The van der Waals surface area contributed by atoms with E-state index >= 15 is 0 Å². The first-order valence-corrected chi connectivity index (χ1v) is 6.69. The van der Waals surface area contributed by atoms with Gasteiger partial charge in [0.1, 0.15) is 5.82 Å². The number of rotatable bonds is 4. The van der Waals surface area contributed by atoms with Gasteiger partial charge < -0.3 is 4.90 Å². The van der Waals surface area contributed by atoms with E-state index in [1.54, 1.807) is 0 Å². The second-order valence-corrected chi connectivity index (χ2v) is 5.29. The standard InChI is InChI=1S/C16H22N4/c1-11-5-6-13(9-12(11)2)16(19-17)14-7-8-15(18-10-14)20(3)4/h5-10,16,19H,17H2,1-4H3. The molecule has 1 unspecified atom stereocenters. The van der Waals surface area contributed by atoms with E-state index in [1.807, 2.05) is 31.3 Å². The molecule has 0 saturated heterocycles. The van der Waals surface area contributed by atoms with Crippen LogP contribution in [-0.2, 0) is 0 Å². The summed E-state index contributed by atoms with van der Waals surface area (Å²) in [6.45, 7) is 4.22. The zero-order chi connectivity index (χ0) is 14.7. The Kier molecular flexibility index (Phi) is 4.37. The molecule has 0 fully saturated rings. The van der Waals surface area contributed by atoms with Gasteiger partial charge in [-0.3, -0.25) is 5.84 Å². The number of aromatic nitrogens is 1. The number of hydrogen-bond acceptors (Lipinski definition) is 4. The Balaban J connectivity index is 2.33. The summed E-state index contributed by atoms with van der Waals surface area (Å²) in [7, 11) is 3.95. The van der Waals surface area contributed by atoms with E-state index in [-0.39, 0.29) is 6.04 Å². The quantitative estimate of drug-likeness (QED) is 0.661. The number of aryl methyl sites for hydroxylation is 2. The second kappa shape index (κ2) is 6.03. The maximum Gasteiger partial charge on any atom is 0.127 e. The van der Waals surface area contributed by atoms with Crippen molar-refractivity contribution in [2.45, 2.75) is 19.9 Å². The lowest BCUT2D eigenvalue weighted by Gasteiger charge is -2.19. The Morgan fingerprint density at radius 1 is 1.05 bits per heavy atom. The smallest absolute Gasteiger partial charge is 0.127 e. The average Bonchev–Trinajstić information content (AvgIpc) is 2.44. The van der Waals surface area contributed by atoms with Crippen LogP contribution in [-0.4, -0.2) is 19.1 Å². The summed E-state index contributed by atoms with van der Waals surface area (Å²) in [5.74, 6) is 6.67. The Hall–Kier alpha value is -1.91. The minimum Gasteiger partial charge on any atom is -0.363 e. The number of hydrogen-bond donors (Lipinski definition) is 2. The molecule has 0 aliphatic carbocycles. The average molecular weight is 270 g/mol. The minimum atomic E-state index is -0.0435. The van der Waals surface area contributed by atoms with Gasteiger partial charge in [-0.2, -0.15) is 0 Å². The lowest BCUT2D eigenvalue weighted by atomic mass is 9.97. The molecule has 106 valence electrons. The minimum absolute atomic E-state index is 0.0435. The molecular formula is C16H22N4. The molecule has 1 aromatic heterocycles. The molecule has 0 aliphatic heterocycles. The molecule has 0 bridgehead atoms. The zero-order valence-electron chi connectivity index (χ0n) is 12.5. The number of hydrazine groups is 1. The van der Waals surface area contributed by atoms with Gasteiger partial charge in [0, 0.05) is 20.3 Å². The lowest BCUT2D eigenvalue weighted by Crippen LogP contribution is -2.29. The maximum atomic E-state index is 5.73. The summed E-state index contributed by atoms with van der Waals surface area (Å²) in [4.78, 5) is 6.42. The first-order chi connectivity index (χ1) is 9.52. The number of nitrogens with two attached hydrogens (primary N) is 1. The van der Waals surface area contributed by atoms with Crippen molar-refractivity contribution in [3.8, 4) is 0 Å². The zero-order valence-corrected chi connectivity index (χ0v) is 12.5. The number of pyridine rings is 1. The largest absolute Gasteiger partial charge is 0.363 e. The van der Waals surface area contributed by atoms with Crippen molar-refractivity contribution >= 4 is 5.82 Å². The van der Waals surface area contributed by atoms with Gasteiger partial charge in [0.25, 0.3) is 0 Å². The van der Waals surface area contributed by atoms with Crippen LogP contribution in [0.15, 0.2) is 36.5 Å². The highest BCUT2D eigenvalue weighted by Gasteiger charge is 2.13. The van der Waals surface area contributed by atoms with E-state index in [0.717, 1.165) is 16.9 Å². The van der Waals surface area contributed by atoms with E-state index in [1.165, 1.54) is 11.1 Å². The predicted molar refractivity (Wildman–Crippen MR) is 83.6 cm³/mol. The van der Waals surface area contributed by atoms with E-state index < -0.39 is 0 Å². The highest BCUT2D eigenvalue weighted by atomic mass is 15.2. The van der Waals surface area contributed by atoms with E-state index in [0.29, 0.717) is 0 Å². The fourth-order valence-corrected chi connectivity index (χ4v) is 2.16. The molecule has 2 aromatic rings. The van der Waals surface area contributed by atoms with Crippen LogP contribution in [0.4, 0.5) is 5.82 Å². The number of nitrogens with zero attached hydrogens (tertiary/aromatic N) is 2. The van der Waals surface area contributed by atoms with Crippen LogP contribution in [0.25, 0.3) is 0 Å². The Morgan fingerprint density at radius 3 is 2.25 bits per heavy atom. The first kappa shape index (κ1) is 14.5. The summed E-state index contributed by atoms with van der Waals surface area (Å²) in [6.07, 6.45) is 1.87. The van der Waals surface area contributed by atoms with Gasteiger partial charge in [-0.15, -0.1) is 0 Å². The fraction of sp³-hybridized carbons (Fsp3) is 0.312. The van der Waals surface area contributed by atoms with Crippen LogP contribution in [0.2, 0.25) is 0 Å². The molecule has 0 saturated carbocycles. The highest BCUT2D eigenvalue weighted by Crippen LogP contribution is 2.23. The summed E-state index contributed by atoms with van der Waals surface area (Å²) >= 11 is 0. The van der Waals surface area contributed by atoms with Crippen LogP contribution < -0.4 is 16.2 Å². The van der Waals surface area contributed by atoms with Gasteiger partial charge in [-0.25, -0.2) is 10.4 Å². The molecule has 4 nitrogen and oxygen atoms in total. The van der Waals surface area contributed by atoms with Crippen molar-refractivity contribution in [2.24, 2.45) is 5.84 Å². The summed E-state index contributed by atoms with van der Waals surface area (Å²) in [6, 6.07) is 10.4. The van der Waals surface area contributed by atoms with Crippen molar-refractivity contribution in [3.05, 3.63) is 58.8 Å².